The minimum atomic E-state index is -3.35. The van der Waals surface area contributed by atoms with E-state index in [4.69, 9.17) is 11.6 Å². The fraction of sp³-hybridized carbons (Fsp3) is 0.278. The van der Waals surface area contributed by atoms with E-state index >= 15 is 0 Å². The average molecular weight is 397 g/mol. The highest BCUT2D eigenvalue weighted by Gasteiger charge is 2.26. The van der Waals surface area contributed by atoms with Crippen LogP contribution in [0.3, 0.4) is 0 Å². The number of anilines is 2. The predicted molar refractivity (Wildman–Crippen MR) is 101 cm³/mol. The minimum absolute atomic E-state index is 0.103. The van der Waals surface area contributed by atoms with Gasteiger partial charge in [-0.2, -0.15) is 0 Å². The molecule has 0 radical (unpaired) electrons. The Morgan fingerprint density at radius 2 is 1.96 bits per heavy atom. The quantitative estimate of drug-likeness (QED) is 0.853. The summed E-state index contributed by atoms with van der Waals surface area (Å²) in [5.74, 6) is -0.808. The number of aryl methyl sites for hydroxylation is 1. The zero-order valence-electron chi connectivity index (χ0n) is 14.1. The molecule has 0 spiro atoms. The number of sulfonamides is 1. The molecule has 1 aliphatic heterocycles. The molecule has 1 fully saturated rings. The number of nitrogens with zero attached hydrogens (tertiary/aromatic N) is 1. The van der Waals surface area contributed by atoms with Gasteiger partial charge in [-0.1, -0.05) is 17.7 Å². The molecule has 0 aliphatic carbocycles. The van der Waals surface area contributed by atoms with Crippen LogP contribution in [0.5, 0.6) is 0 Å². The lowest BCUT2D eigenvalue weighted by Crippen LogP contribution is -2.37. The van der Waals surface area contributed by atoms with Crippen molar-refractivity contribution in [2.75, 3.05) is 21.9 Å². The number of halogens is 2. The van der Waals surface area contributed by atoms with Crippen LogP contribution >= 0.6 is 11.6 Å². The molecule has 0 bridgehead atoms. The van der Waals surface area contributed by atoms with Crippen LogP contribution in [0, 0.1) is 12.7 Å². The van der Waals surface area contributed by atoms with Crippen LogP contribution < -0.4 is 9.62 Å². The molecular formula is C18H18ClFN2O3S. The Kier molecular flexibility index (Phi) is 5.20. The molecule has 2 aromatic rings. The van der Waals surface area contributed by atoms with Gasteiger partial charge in [0.25, 0.3) is 5.91 Å². The normalized spacial score (nSPS) is 16.3. The van der Waals surface area contributed by atoms with Crippen LogP contribution in [0.25, 0.3) is 0 Å². The van der Waals surface area contributed by atoms with Crippen LogP contribution in [-0.4, -0.2) is 26.6 Å². The van der Waals surface area contributed by atoms with Crippen LogP contribution in [0.15, 0.2) is 36.4 Å². The van der Waals surface area contributed by atoms with Crippen LogP contribution in [-0.2, 0) is 10.0 Å². The summed E-state index contributed by atoms with van der Waals surface area (Å²) in [4.78, 5) is 12.4. The molecule has 1 saturated heterocycles. The van der Waals surface area contributed by atoms with Crippen molar-refractivity contribution in [1.82, 2.24) is 0 Å². The number of carbonyl (C=O) groups is 1. The Hall–Kier alpha value is -2.12. The van der Waals surface area contributed by atoms with Crippen molar-refractivity contribution >= 4 is 38.9 Å². The van der Waals surface area contributed by atoms with E-state index in [0.717, 1.165) is 6.42 Å². The zero-order chi connectivity index (χ0) is 18.9. The van der Waals surface area contributed by atoms with Gasteiger partial charge in [0.2, 0.25) is 10.0 Å². The third-order valence-corrected chi connectivity index (χ3v) is 6.45. The molecule has 8 heteroatoms. The van der Waals surface area contributed by atoms with Crippen molar-refractivity contribution < 1.29 is 17.6 Å². The van der Waals surface area contributed by atoms with Crippen LogP contribution in [0.4, 0.5) is 15.8 Å². The monoisotopic (exact) mass is 396 g/mol. The molecule has 1 amide bonds. The summed E-state index contributed by atoms with van der Waals surface area (Å²) in [6.07, 6.45) is 1.41. The third-order valence-electron chi connectivity index (χ3n) is 4.26. The number of hydrogen-bond donors (Lipinski definition) is 1. The lowest BCUT2D eigenvalue weighted by atomic mass is 10.1. The van der Waals surface area contributed by atoms with E-state index in [2.05, 4.69) is 5.32 Å². The van der Waals surface area contributed by atoms with Gasteiger partial charge in [0.1, 0.15) is 5.82 Å². The molecule has 0 aromatic heterocycles. The number of amides is 1. The molecule has 3 rings (SSSR count). The first-order valence-electron chi connectivity index (χ1n) is 8.15. The van der Waals surface area contributed by atoms with Crippen molar-refractivity contribution in [1.29, 1.82) is 0 Å². The molecule has 2 aromatic carbocycles. The number of nitrogens with one attached hydrogen (secondary N) is 1. The topological polar surface area (TPSA) is 66.5 Å². The SMILES string of the molecule is Cc1ccc(NC(=O)c2ccc(N3CCCCS3(=O)=O)cc2Cl)cc1F. The van der Waals surface area contributed by atoms with E-state index in [1.54, 1.807) is 25.1 Å². The number of hydrogen-bond acceptors (Lipinski definition) is 3. The van der Waals surface area contributed by atoms with E-state index in [1.165, 1.54) is 22.5 Å². The summed E-state index contributed by atoms with van der Waals surface area (Å²) < 4.78 is 39.3. The third kappa shape index (κ3) is 3.83. The molecule has 1 N–H and O–H groups in total. The van der Waals surface area contributed by atoms with E-state index in [-0.39, 0.29) is 16.3 Å². The first-order valence-corrected chi connectivity index (χ1v) is 10.1. The predicted octanol–water partition coefficient (Wildman–Crippen LogP) is 3.97. The Bertz CT molecular complexity index is 963. The molecule has 1 aliphatic rings. The fourth-order valence-electron chi connectivity index (χ4n) is 2.79. The van der Waals surface area contributed by atoms with Crippen LogP contribution in [0.2, 0.25) is 5.02 Å². The maximum atomic E-state index is 13.6. The first-order chi connectivity index (χ1) is 12.3. The van der Waals surface area contributed by atoms with E-state index < -0.39 is 21.7 Å². The van der Waals surface area contributed by atoms with E-state index in [0.29, 0.717) is 29.9 Å². The second-order valence-electron chi connectivity index (χ2n) is 6.18. The molecule has 0 atom stereocenters. The standard InChI is InChI=1S/C18H18ClFN2O3S/c1-12-4-5-13(10-17(12)20)21-18(23)15-7-6-14(11-16(15)19)22-8-2-3-9-26(22,24)25/h4-7,10-11H,2-3,8-9H2,1H3,(H,21,23). The van der Waals surface area contributed by atoms with E-state index in [1.807, 2.05) is 0 Å². The van der Waals surface area contributed by atoms with Gasteiger partial charge in [0.05, 0.1) is 22.0 Å². The summed E-state index contributed by atoms with van der Waals surface area (Å²) in [5.41, 5.74) is 1.42. The highest BCUT2D eigenvalue weighted by molar-refractivity contribution is 7.92. The molecule has 26 heavy (non-hydrogen) atoms. The van der Waals surface area contributed by atoms with Crippen molar-refractivity contribution in [2.45, 2.75) is 19.8 Å². The lowest BCUT2D eigenvalue weighted by Gasteiger charge is -2.28. The number of carbonyl (C=O) groups excluding carboxylic acids is 1. The Balaban J connectivity index is 1.83. The maximum absolute atomic E-state index is 13.6. The molecule has 5 nitrogen and oxygen atoms in total. The molecular weight excluding hydrogens is 379 g/mol. The van der Waals surface area contributed by atoms with Crippen molar-refractivity contribution in [2.24, 2.45) is 0 Å². The maximum Gasteiger partial charge on any atom is 0.257 e. The fourth-order valence-corrected chi connectivity index (χ4v) is 4.68. The smallest absolute Gasteiger partial charge is 0.257 e. The van der Waals surface area contributed by atoms with Gasteiger partial charge >= 0.3 is 0 Å². The van der Waals surface area contributed by atoms with Gasteiger partial charge in [0, 0.05) is 12.2 Å². The molecule has 1 heterocycles. The van der Waals surface area contributed by atoms with Gasteiger partial charge in [-0.15, -0.1) is 0 Å². The van der Waals surface area contributed by atoms with Crippen molar-refractivity contribution in [3.8, 4) is 0 Å². The Labute approximate surface area is 156 Å². The number of benzene rings is 2. The summed E-state index contributed by atoms with van der Waals surface area (Å²) in [6, 6.07) is 8.89. The number of rotatable bonds is 3. The summed E-state index contributed by atoms with van der Waals surface area (Å²) in [6.45, 7) is 2.03. The Morgan fingerprint density at radius 3 is 2.62 bits per heavy atom. The Morgan fingerprint density at radius 1 is 1.19 bits per heavy atom. The highest BCUT2D eigenvalue weighted by Crippen LogP contribution is 2.29. The van der Waals surface area contributed by atoms with Gasteiger partial charge < -0.3 is 5.32 Å². The first kappa shape index (κ1) is 18.7. The van der Waals surface area contributed by atoms with Gasteiger partial charge in [-0.25, -0.2) is 12.8 Å². The largest absolute Gasteiger partial charge is 0.322 e. The zero-order valence-corrected chi connectivity index (χ0v) is 15.7. The molecule has 0 saturated carbocycles. The van der Waals surface area contributed by atoms with Gasteiger partial charge in [0.15, 0.2) is 0 Å². The highest BCUT2D eigenvalue weighted by atomic mass is 35.5. The second-order valence-corrected chi connectivity index (χ2v) is 8.60. The summed E-state index contributed by atoms with van der Waals surface area (Å²) in [7, 11) is -3.35. The minimum Gasteiger partial charge on any atom is -0.322 e. The lowest BCUT2D eigenvalue weighted by molar-refractivity contribution is 0.102. The van der Waals surface area contributed by atoms with Crippen molar-refractivity contribution in [3.63, 3.8) is 0 Å². The second kappa shape index (κ2) is 7.25. The molecule has 0 unspecified atom stereocenters. The van der Waals surface area contributed by atoms with Crippen LogP contribution in [0.1, 0.15) is 28.8 Å². The van der Waals surface area contributed by atoms with Crippen molar-refractivity contribution in [3.05, 3.63) is 58.4 Å². The van der Waals surface area contributed by atoms with Gasteiger partial charge in [-0.05, 0) is 55.7 Å². The molecule has 138 valence electrons. The summed E-state index contributed by atoms with van der Waals surface area (Å²) >= 11 is 6.20. The summed E-state index contributed by atoms with van der Waals surface area (Å²) in [5, 5.41) is 2.72. The average Bonchev–Trinajstić information content (AvgIpc) is 2.57. The van der Waals surface area contributed by atoms with E-state index in [9.17, 15) is 17.6 Å². The van der Waals surface area contributed by atoms with Gasteiger partial charge in [-0.3, -0.25) is 9.10 Å².